The third-order valence-corrected chi connectivity index (χ3v) is 7.42. The van der Waals surface area contributed by atoms with Crippen LogP contribution < -0.4 is 9.75 Å². The molecule has 0 amide bonds. The van der Waals surface area contributed by atoms with Crippen LogP contribution in [0.2, 0.25) is 0 Å². The lowest BCUT2D eigenvalue weighted by atomic mass is 10.3. The fourth-order valence-electron chi connectivity index (χ4n) is 2.88. The third kappa shape index (κ3) is 3.78. The van der Waals surface area contributed by atoms with Crippen molar-refractivity contribution in [3.8, 4) is 5.75 Å². The Balaban J connectivity index is 2.04. The van der Waals surface area contributed by atoms with Crippen molar-refractivity contribution >= 4 is 46.2 Å². The molecule has 2 aliphatic rings. The Hall–Kier alpha value is -2.33. The SMILES string of the molecule is CCOC(=O)C1=NN(c2cccc(OC)c2)C2(S1)SC(C(=O)OCC)=C(C)N2C. The van der Waals surface area contributed by atoms with E-state index in [9.17, 15) is 9.59 Å². The van der Waals surface area contributed by atoms with Crippen molar-refractivity contribution < 1.29 is 23.8 Å². The van der Waals surface area contributed by atoms with E-state index in [1.807, 2.05) is 43.1 Å². The molecule has 1 aromatic carbocycles. The first-order chi connectivity index (χ1) is 13.9. The van der Waals surface area contributed by atoms with Crippen LogP contribution in [0, 0.1) is 0 Å². The largest absolute Gasteiger partial charge is 0.497 e. The lowest BCUT2D eigenvalue weighted by molar-refractivity contribution is -0.137. The van der Waals surface area contributed by atoms with Gasteiger partial charge >= 0.3 is 11.9 Å². The molecular formula is C19H23N3O5S2. The molecule has 1 aromatic rings. The van der Waals surface area contributed by atoms with Gasteiger partial charge in [-0.25, -0.2) is 14.6 Å². The second kappa shape index (κ2) is 8.58. The van der Waals surface area contributed by atoms with E-state index in [1.54, 1.807) is 26.0 Å². The van der Waals surface area contributed by atoms with Gasteiger partial charge in [-0.1, -0.05) is 17.8 Å². The predicted octanol–water partition coefficient (Wildman–Crippen LogP) is 3.21. The van der Waals surface area contributed by atoms with Crippen molar-refractivity contribution in [3.63, 3.8) is 0 Å². The summed E-state index contributed by atoms with van der Waals surface area (Å²) in [6.45, 7) is 5.89. The minimum Gasteiger partial charge on any atom is -0.497 e. The number of nitrogens with zero attached hydrogens (tertiary/aromatic N) is 3. The van der Waals surface area contributed by atoms with Gasteiger partial charge in [-0.15, -0.1) is 0 Å². The van der Waals surface area contributed by atoms with Crippen molar-refractivity contribution in [1.82, 2.24) is 4.90 Å². The zero-order chi connectivity index (χ0) is 21.2. The van der Waals surface area contributed by atoms with Crippen LogP contribution in [0.4, 0.5) is 5.69 Å². The molecule has 0 aliphatic carbocycles. The maximum Gasteiger partial charge on any atom is 0.365 e. The summed E-state index contributed by atoms with van der Waals surface area (Å²) in [5.41, 5.74) is 1.46. The maximum atomic E-state index is 12.5. The van der Waals surface area contributed by atoms with E-state index in [2.05, 4.69) is 5.10 Å². The number of esters is 2. The highest BCUT2D eigenvalue weighted by Gasteiger charge is 2.56. The molecule has 156 valence electrons. The summed E-state index contributed by atoms with van der Waals surface area (Å²) in [5.74, 6) is -0.239. The van der Waals surface area contributed by atoms with E-state index in [0.717, 1.165) is 5.70 Å². The topological polar surface area (TPSA) is 80.7 Å². The Morgan fingerprint density at radius 2 is 1.83 bits per heavy atom. The van der Waals surface area contributed by atoms with Gasteiger partial charge in [0.1, 0.15) is 10.7 Å². The number of hydrogen-bond acceptors (Lipinski definition) is 10. The van der Waals surface area contributed by atoms with Crippen LogP contribution in [-0.2, 0) is 19.1 Å². The number of ether oxygens (including phenoxy) is 3. The van der Waals surface area contributed by atoms with Crippen molar-refractivity contribution in [3.05, 3.63) is 34.9 Å². The lowest BCUT2D eigenvalue weighted by Gasteiger charge is -2.39. The number of benzene rings is 1. The van der Waals surface area contributed by atoms with Gasteiger partial charge in [0.2, 0.25) is 9.37 Å². The van der Waals surface area contributed by atoms with Crippen LogP contribution in [0.5, 0.6) is 5.75 Å². The van der Waals surface area contributed by atoms with Gasteiger partial charge in [0, 0.05) is 18.8 Å². The number of anilines is 1. The monoisotopic (exact) mass is 437 g/mol. The number of hydrazone groups is 1. The third-order valence-electron chi connectivity index (χ3n) is 4.39. The molecule has 8 nitrogen and oxygen atoms in total. The molecule has 0 fully saturated rings. The second-order valence-electron chi connectivity index (χ2n) is 6.09. The summed E-state index contributed by atoms with van der Waals surface area (Å²) in [6, 6.07) is 7.37. The molecule has 1 atom stereocenters. The summed E-state index contributed by atoms with van der Waals surface area (Å²) in [4.78, 5) is 27.3. The van der Waals surface area contributed by atoms with E-state index in [-0.39, 0.29) is 18.3 Å². The van der Waals surface area contributed by atoms with Crippen LogP contribution >= 0.6 is 23.5 Å². The highest BCUT2D eigenvalue weighted by molar-refractivity contribution is 8.28. The molecule has 2 aliphatic heterocycles. The first-order valence-corrected chi connectivity index (χ1v) is 10.7. The lowest BCUT2D eigenvalue weighted by Crippen LogP contribution is -2.47. The van der Waals surface area contributed by atoms with E-state index >= 15 is 0 Å². The van der Waals surface area contributed by atoms with Crippen LogP contribution in [0.3, 0.4) is 0 Å². The summed E-state index contributed by atoms with van der Waals surface area (Å²) < 4.78 is 14.8. The van der Waals surface area contributed by atoms with Gasteiger partial charge in [0.15, 0.2) is 0 Å². The molecule has 0 saturated heterocycles. The number of carbonyl (C=O) groups is 2. The summed E-state index contributed by atoms with van der Waals surface area (Å²) in [7, 11) is 3.44. The first-order valence-electron chi connectivity index (χ1n) is 9.07. The van der Waals surface area contributed by atoms with Crippen molar-refractivity contribution in [2.24, 2.45) is 5.10 Å². The van der Waals surface area contributed by atoms with Gasteiger partial charge in [-0.05, 0) is 44.7 Å². The van der Waals surface area contributed by atoms with Gasteiger partial charge in [-0.2, -0.15) is 5.10 Å². The van der Waals surface area contributed by atoms with Gasteiger partial charge in [0.25, 0.3) is 0 Å². The predicted molar refractivity (Wildman–Crippen MR) is 115 cm³/mol. The number of allylic oxidation sites excluding steroid dienone is 1. The van der Waals surface area contributed by atoms with Gasteiger partial charge in [-0.3, -0.25) is 0 Å². The van der Waals surface area contributed by atoms with E-state index in [1.165, 1.54) is 23.5 Å². The van der Waals surface area contributed by atoms with Crippen molar-refractivity contribution in [1.29, 1.82) is 0 Å². The summed E-state index contributed by atoms with van der Waals surface area (Å²) >= 11 is 2.53. The Morgan fingerprint density at radius 3 is 2.48 bits per heavy atom. The van der Waals surface area contributed by atoms with Crippen molar-refractivity contribution in [2.45, 2.75) is 25.1 Å². The molecule has 2 heterocycles. The Kier molecular flexibility index (Phi) is 6.33. The minimum absolute atomic E-state index is 0.215. The fourth-order valence-corrected chi connectivity index (χ4v) is 5.76. The van der Waals surface area contributed by atoms with Crippen molar-refractivity contribution in [2.75, 3.05) is 32.4 Å². The fraction of sp³-hybridized carbons (Fsp3) is 0.421. The Labute approximate surface area is 178 Å². The number of carbonyl (C=O) groups excluding carboxylic acids is 2. The average Bonchev–Trinajstić information content (AvgIpc) is 3.22. The van der Waals surface area contributed by atoms with Crippen LogP contribution in [0.15, 0.2) is 40.0 Å². The van der Waals surface area contributed by atoms with E-state index < -0.39 is 16.3 Å². The Morgan fingerprint density at radius 1 is 1.14 bits per heavy atom. The second-order valence-corrected chi connectivity index (χ2v) is 8.69. The zero-order valence-corrected chi connectivity index (χ0v) is 18.6. The molecule has 10 heteroatoms. The van der Waals surface area contributed by atoms with Crippen LogP contribution in [0.25, 0.3) is 0 Å². The summed E-state index contributed by atoms with van der Waals surface area (Å²) in [6.07, 6.45) is 0. The maximum absolute atomic E-state index is 12.5. The molecule has 3 rings (SSSR count). The molecular weight excluding hydrogens is 414 g/mol. The highest BCUT2D eigenvalue weighted by atomic mass is 32.2. The average molecular weight is 438 g/mol. The number of thioether (sulfide) groups is 2. The van der Waals surface area contributed by atoms with Gasteiger partial charge < -0.3 is 19.1 Å². The number of hydrogen-bond donors (Lipinski definition) is 0. The number of methoxy groups -OCH3 is 1. The van der Waals surface area contributed by atoms with E-state index in [0.29, 0.717) is 16.3 Å². The zero-order valence-electron chi connectivity index (χ0n) is 16.9. The standard InChI is InChI=1S/C19H23N3O5S2/c1-6-26-17(23)15-12(3)21(4)19(28-15)22(13-9-8-10-14(11-13)25-5)20-16(29-19)18(24)27-7-2/h8-11H,6-7H2,1-5H3. The quantitative estimate of drug-likeness (QED) is 0.623. The molecule has 0 bridgehead atoms. The Bertz CT molecular complexity index is 888. The molecule has 0 N–H and O–H groups in total. The van der Waals surface area contributed by atoms with E-state index in [4.69, 9.17) is 14.2 Å². The minimum atomic E-state index is -0.902. The molecule has 1 unspecified atom stereocenters. The van der Waals surface area contributed by atoms with Gasteiger partial charge in [0.05, 0.1) is 26.0 Å². The van der Waals surface area contributed by atoms with Crippen LogP contribution in [0.1, 0.15) is 20.8 Å². The molecule has 1 spiro atoms. The normalized spacial score (nSPS) is 20.9. The smallest absolute Gasteiger partial charge is 0.365 e. The summed E-state index contributed by atoms with van der Waals surface area (Å²) in [5, 5.41) is 6.48. The number of rotatable bonds is 6. The highest BCUT2D eigenvalue weighted by Crippen LogP contribution is 2.58. The molecule has 0 saturated carbocycles. The van der Waals surface area contributed by atoms with Crippen LogP contribution in [-0.4, -0.2) is 53.6 Å². The molecule has 0 aromatic heterocycles. The molecule has 29 heavy (non-hydrogen) atoms. The molecule has 0 radical (unpaired) electrons. The first kappa shape index (κ1) is 21.4.